The normalized spacial score (nSPS) is 18.0. The van der Waals surface area contributed by atoms with Crippen molar-refractivity contribution in [1.82, 2.24) is 5.32 Å². The highest BCUT2D eigenvalue weighted by Gasteiger charge is 2.25. The zero-order valence-electron chi connectivity index (χ0n) is 12.8. The molecule has 0 amide bonds. The summed E-state index contributed by atoms with van der Waals surface area (Å²) in [6.07, 6.45) is 1.97. The van der Waals surface area contributed by atoms with Crippen molar-refractivity contribution in [3.63, 3.8) is 0 Å². The van der Waals surface area contributed by atoms with Gasteiger partial charge in [-0.2, -0.15) is 0 Å². The summed E-state index contributed by atoms with van der Waals surface area (Å²) in [4.78, 5) is 11.1. The molecule has 0 saturated carbocycles. The van der Waals surface area contributed by atoms with Crippen LogP contribution in [0.1, 0.15) is 43.9 Å². The molecular formula is C16H23NO4. The second-order valence-electron chi connectivity index (χ2n) is 5.44. The second-order valence-corrected chi connectivity index (χ2v) is 5.44. The molecule has 5 nitrogen and oxygen atoms in total. The van der Waals surface area contributed by atoms with Gasteiger partial charge in [-0.15, -0.1) is 0 Å². The number of aliphatic carboxylic acids is 1. The molecule has 21 heavy (non-hydrogen) atoms. The van der Waals surface area contributed by atoms with E-state index >= 15 is 0 Å². The molecule has 1 heterocycles. The predicted molar refractivity (Wildman–Crippen MR) is 80.1 cm³/mol. The maximum atomic E-state index is 11.1. The molecular weight excluding hydrogens is 270 g/mol. The first-order valence-electron chi connectivity index (χ1n) is 7.37. The Morgan fingerprint density at radius 3 is 2.95 bits per heavy atom. The lowest BCUT2D eigenvalue weighted by molar-refractivity contribution is -0.137. The van der Waals surface area contributed by atoms with Gasteiger partial charge in [-0.25, -0.2) is 0 Å². The third kappa shape index (κ3) is 3.67. The van der Waals surface area contributed by atoms with E-state index in [1.807, 2.05) is 19.1 Å². The minimum absolute atomic E-state index is 0.0186. The average Bonchev–Trinajstić information content (AvgIpc) is 2.80. The number of carbonyl (C=O) groups is 1. The van der Waals surface area contributed by atoms with Gasteiger partial charge in [0.1, 0.15) is 17.6 Å². The molecule has 2 atom stereocenters. The van der Waals surface area contributed by atoms with Gasteiger partial charge in [-0.1, -0.05) is 6.92 Å². The van der Waals surface area contributed by atoms with E-state index in [-0.39, 0.29) is 18.6 Å². The molecule has 1 aromatic rings. The van der Waals surface area contributed by atoms with Crippen molar-refractivity contribution in [2.45, 2.75) is 45.3 Å². The van der Waals surface area contributed by atoms with E-state index in [0.29, 0.717) is 0 Å². The summed E-state index contributed by atoms with van der Waals surface area (Å²) < 4.78 is 11.2. The van der Waals surface area contributed by atoms with Crippen molar-refractivity contribution >= 4 is 5.97 Å². The molecule has 0 aliphatic carbocycles. The standard InChI is InChI=1S/C16H23NO4/c1-4-5-17-13(9-16(18)19)12-8-14-11(6-10(2)21-14)7-15(12)20-3/h7-8,10,13,17H,4-6,9H2,1-3H3,(H,18,19). The molecule has 2 N–H and O–H groups in total. The van der Waals surface area contributed by atoms with Crippen LogP contribution in [0.25, 0.3) is 0 Å². The molecule has 0 aromatic heterocycles. The first-order valence-corrected chi connectivity index (χ1v) is 7.37. The van der Waals surface area contributed by atoms with E-state index < -0.39 is 5.97 Å². The number of methoxy groups -OCH3 is 1. The highest BCUT2D eigenvalue weighted by molar-refractivity contribution is 5.68. The lowest BCUT2D eigenvalue weighted by Crippen LogP contribution is -2.25. The largest absolute Gasteiger partial charge is 0.496 e. The second kappa shape index (κ2) is 6.80. The third-order valence-corrected chi connectivity index (χ3v) is 3.64. The highest BCUT2D eigenvalue weighted by atomic mass is 16.5. The van der Waals surface area contributed by atoms with Crippen LogP contribution >= 0.6 is 0 Å². The number of carboxylic acids is 1. The van der Waals surface area contributed by atoms with Crippen molar-refractivity contribution in [1.29, 1.82) is 0 Å². The van der Waals surface area contributed by atoms with Crippen LogP contribution < -0.4 is 14.8 Å². The summed E-state index contributed by atoms with van der Waals surface area (Å²) >= 11 is 0. The summed E-state index contributed by atoms with van der Waals surface area (Å²) in [5.74, 6) is 0.730. The van der Waals surface area contributed by atoms with Crippen LogP contribution in [0, 0.1) is 0 Å². The van der Waals surface area contributed by atoms with Gasteiger partial charge in [0.25, 0.3) is 0 Å². The minimum atomic E-state index is -0.833. The van der Waals surface area contributed by atoms with Crippen molar-refractivity contribution in [3.8, 4) is 11.5 Å². The Balaban J connectivity index is 2.34. The molecule has 0 saturated heterocycles. The van der Waals surface area contributed by atoms with Crippen LogP contribution in [0.5, 0.6) is 11.5 Å². The maximum Gasteiger partial charge on any atom is 0.305 e. The molecule has 1 aromatic carbocycles. The van der Waals surface area contributed by atoms with Crippen LogP contribution in [0.2, 0.25) is 0 Å². The number of hydrogen-bond acceptors (Lipinski definition) is 4. The minimum Gasteiger partial charge on any atom is -0.496 e. The number of rotatable bonds is 7. The van der Waals surface area contributed by atoms with E-state index in [0.717, 1.165) is 42.0 Å². The summed E-state index contributed by atoms with van der Waals surface area (Å²) in [5, 5.41) is 12.4. The molecule has 0 fully saturated rings. The number of ether oxygens (including phenoxy) is 2. The molecule has 1 aliphatic heterocycles. The van der Waals surface area contributed by atoms with E-state index in [2.05, 4.69) is 12.2 Å². The van der Waals surface area contributed by atoms with Gasteiger partial charge in [-0.3, -0.25) is 4.79 Å². The van der Waals surface area contributed by atoms with Gasteiger partial charge >= 0.3 is 5.97 Å². The van der Waals surface area contributed by atoms with E-state index in [1.54, 1.807) is 7.11 Å². The molecule has 0 bridgehead atoms. The Labute approximate surface area is 125 Å². The SMILES string of the molecule is CCCNC(CC(=O)O)c1cc2c(cc1OC)CC(C)O2. The quantitative estimate of drug-likeness (QED) is 0.808. The van der Waals surface area contributed by atoms with Crippen molar-refractivity contribution in [3.05, 3.63) is 23.3 Å². The molecule has 0 radical (unpaired) electrons. The maximum absolute atomic E-state index is 11.1. The summed E-state index contributed by atoms with van der Waals surface area (Å²) in [6.45, 7) is 4.83. The van der Waals surface area contributed by atoms with Gasteiger partial charge in [0, 0.05) is 23.6 Å². The number of nitrogens with one attached hydrogen (secondary N) is 1. The van der Waals surface area contributed by atoms with E-state index in [4.69, 9.17) is 14.6 Å². The number of hydrogen-bond donors (Lipinski definition) is 2. The summed E-state index contributed by atoms with van der Waals surface area (Å²) in [6, 6.07) is 3.62. The third-order valence-electron chi connectivity index (χ3n) is 3.64. The molecule has 2 rings (SSSR count). The first kappa shape index (κ1) is 15.6. The van der Waals surface area contributed by atoms with Gasteiger partial charge in [-0.05, 0) is 32.0 Å². The van der Waals surface area contributed by atoms with E-state index in [9.17, 15) is 4.79 Å². The van der Waals surface area contributed by atoms with Crippen LogP contribution in [0.3, 0.4) is 0 Å². The molecule has 2 unspecified atom stereocenters. The molecule has 1 aliphatic rings. The van der Waals surface area contributed by atoms with Crippen molar-refractivity contribution < 1.29 is 19.4 Å². The number of carboxylic acid groups (broad SMARTS) is 1. The lowest BCUT2D eigenvalue weighted by Gasteiger charge is -2.20. The number of benzene rings is 1. The van der Waals surface area contributed by atoms with Crippen LogP contribution in [-0.4, -0.2) is 30.8 Å². The molecule has 0 spiro atoms. The van der Waals surface area contributed by atoms with Gasteiger partial charge in [0.15, 0.2) is 0 Å². The fourth-order valence-corrected chi connectivity index (χ4v) is 2.69. The zero-order chi connectivity index (χ0) is 15.4. The van der Waals surface area contributed by atoms with Crippen molar-refractivity contribution in [2.75, 3.05) is 13.7 Å². The van der Waals surface area contributed by atoms with Crippen LogP contribution in [-0.2, 0) is 11.2 Å². The van der Waals surface area contributed by atoms with Gasteiger partial charge in [0.2, 0.25) is 0 Å². The average molecular weight is 293 g/mol. The summed E-state index contributed by atoms with van der Waals surface area (Å²) in [7, 11) is 1.61. The highest BCUT2D eigenvalue weighted by Crippen LogP contribution is 2.38. The van der Waals surface area contributed by atoms with Crippen molar-refractivity contribution in [2.24, 2.45) is 0 Å². The van der Waals surface area contributed by atoms with Gasteiger partial charge in [0.05, 0.1) is 13.5 Å². The smallest absolute Gasteiger partial charge is 0.305 e. The Morgan fingerprint density at radius 1 is 1.57 bits per heavy atom. The predicted octanol–water partition coefficient (Wildman–Crippen LogP) is 2.53. The Morgan fingerprint density at radius 2 is 2.33 bits per heavy atom. The summed E-state index contributed by atoms with van der Waals surface area (Å²) in [5.41, 5.74) is 1.97. The topological polar surface area (TPSA) is 67.8 Å². The molecule has 5 heteroatoms. The fourth-order valence-electron chi connectivity index (χ4n) is 2.69. The van der Waals surface area contributed by atoms with Gasteiger partial charge < -0.3 is 19.9 Å². The fraction of sp³-hybridized carbons (Fsp3) is 0.562. The zero-order valence-corrected chi connectivity index (χ0v) is 12.8. The Hall–Kier alpha value is -1.75. The van der Waals surface area contributed by atoms with E-state index in [1.165, 1.54) is 0 Å². The Bertz CT molecular complexity index is 515. The number of fused-ring (bicyclic) bond motifs is 1. The van der Waals surface area contributed by atoms with Crippen LogP contribution in [0.4, 0.5) is 0 Å². The first-order chi connectivity index (χ1) is 10.0. The van der Waals surface area contributed by atoms with Crippen LogP contribution in [0.15, 0.2) is 12.1 Å². The molecule has 116 valence electrons. The Kier molecular flexibility index (Phi) is 5.07. The lowest BCUT2D eigenvalue weighted by atomic mass is 9.99. The monoisotopic (exact) mass is 293 g/mol.